The lowest BCUT2D eigenvalue weighted by molar-refractivity contribution is -0.0580. The standard InChI is InChI=1S/C6H11BrO2/c1-4-6(8)5(7)2-3-9-4/h4-6,8H,2-3H2,1H3/t4-,5-,6-/m1/s1. The first kappa shape index (κ1) is 7.51. The van der Waals surface area contributed by atoms with Crippen LogP contribution in [0.2, 0.25) is 0 Å². The van der Waals surface area contributed by atoms with E-state index in [1.165, 1.54) is 0 Å². The van der Waals surface area contributed by atoms with Crippen molar-refractivity contribution in [2.45, 2.75) is 30.4 Å². The number of halogens is 1. The number of aliphatic hydroxyl groups excluding tert-OH is 1. The lowest BCUT2D eigenvalue weighted by atomic mass is 10.1. The first-order chi connectivity index (χ1) is 4.22. The second-order valence-corrected chi connectivity index (χ2v) is 3.55. The van der Waals surface area contributed by atoms with Gasteiger partial charge in [-0.05, 0) is 13.3 Å². The molecule has 3 atom stereocenters. The minimum Gasteiger partial charge on any atom is -0.389 e. The molecule has 1 fully saturated rings. The molecule has 0 radical (unpaired) electrons. The summed E-state index contributed by atoms with van der Waals surface area (Å²) < 4.78 is 5.18. The molecule has 54 valence electrons. The molecule has 0 saturated carbocycles. The molecule has 0 bridgehead atoms. The summed E-state index contributed by atoms with van der Waals surface area (Å²) in [7, 11) is 0. The van der Waals surface area contributed by atoms with Gasteiger partial charge in [-0.15, -0.1) is 0 Å². The van der Waals surface area contributed by atoms with E-state index in [4.69, 9.17) is 4.74 Å². The van der Waals surface area contributed by atoms with Crippen LogP contribution in [-0.2, 0) is 4.74 Å². The highest BCUT2D eigenvalue weighted by molar-refractivity contribution is 9.09. The third-order valence-corrected chi connectivity index (χ3v) is 2.63. The van der Waals surface area contributed by atoms with Crippen molar-refractivity contribution in [1.29, 1.82) is 0 Å². The van der Waals surface area contributed by atoms with Gasteiger partial charge in [0, 0.05) is 11.4 Å². The van der Waals surface area contributed by atoms with Gasteiger partial charge in [-0.3, -0.25) is 0 Å². The van der Waals surface area contributed by atoms with Gasteiger partial charge in [-0.1, -0.05) is 15.9 Å². The third kappa shape index (κ3) is 1.66. The Bertz CT molecular complexity index is 87.1. The molecule has 0 unspecified atom stereocenters. The molecule has 1 saturated heterocycles. The fraction of sp³-hybridized carbons (Fsp3) is 1.00. The molecule has 0 aliphatic carbocycles. The largest absolute Gasteiger partial charge is 0.389 e. The van der Waals surface area contributed by atoms with Gasteiger partial charge in [0.2, 0.25) is 0 Å². The fourth-order valence-electron chi connectivity index (χ4n) is 0.930. The molecule has 1 rings (SSSR count). The van der Waals surface area contributed by atoms with Gasteiger partial charge in [0.25, 0.3) is 0 Å². The molecule has 3 heteroatoms. The van der Waals surface area contributed by atoms with Gasteiger partial charge >= 0.3 is 0 Å². The molecule has 0 aromatic heterocycles. The summed E-state index contributed by atoms with van der Waals surface area (Å²) in [6, 6.07) is 0. The molecule has 1 aliphatic heterocycles. The minimum atomic E-state index is -0.334. The van der Waals surface area contributed by atoms with Crippen LogP contribution in [0.1, 0.15) is 13.3 Å². The van der Waals surface area contributed by atoms with E-state index in [9.17, 15) is 5.11 Å². The predicted molar refractivity (Wildman–Crippen MR) is 38.8 cm³/mol. The fourth-order valence-corrected chi connectivity index (χ4v) is 1.55. The summed E-state index contributed by atoms with van der Waals surface area (Å²) in [6.07, 6.45) is 0.563. The van der Waals surface area contributed by atoms with Crippen molar-refractivity contribution < 1.29 is 9.84 Å². The zero-order valence-electron chi connectivity index (χ0n) is 5.38. The molecule has 1 N–H and O–H groups in total. The SMILES string of the molecule is C[C@H]1OCC[C@@H](Br)[C@@H]1O. The molecule has 0 aromatic carbocycles. The van der Waals surface area contributed by atoms with Gasteiger partial charge in [-0.2, -0.15) is 0 Å². The number of rotatable bonds is 0. The number of alkyl halides is 1. The van der Waals surface area contributed by atoms with E-state index >= 15 is 0 Å². The van der Waals surface area contributed by atoms with E-state index in [1.807, 2.05) is 6.92 Å². The second-order valence-electron chi connectivity index (χ2n) is 2.37. The van der Waals surface area contributed by atoms with Gasteiger partial charge < -0.3 is 9.84 Å². The highest BCUT2D eigenvalue weighted by Crippen LogP contribution is 2.20. The Labute approximate surface area is 63.3 Å². The molecule has 9 heavy (non-hydrogen) atoms. The van der Waals surface area contributed by atoms with E-state index < -0.39 is 0 Å². The van der Waals surface area contributed by atoms with Crippen molar-refractivity contribution in [2.24, 2.45) is 0 Å². The summed E-state index contributed by atoms with van der Waals surface area (Å²) in [6.45, 7) is 2.65. The second kappa shape index (κ2) is 2.99. The number of aliphatic hydroxyl groups is 1. The van der Waals surface area contributed by atoms with Crippen LogP contribution in [0.25, 0.3) is 0 Å². The van der Waals surface area contributed by atoms with Gasteiger partial charge in [0.15, 0.2) is 0 Å². The minimum absolute atomic E-state index is 0.0110. The monoisotopic (exact) mass is 194 g/mol. The zero-order valence-corrected chi connectivity index (χ0v) is 6.97. The van der Waals surface area contributed by atoms with E-state index in [0.717, 1.165) is 13.0 Å². The van der Waals surface area contributed by atoms with Crippen LogP contribution in [0.4, 0.5) is 0 Å². The van der Waals surface area contributed by atoms with Crippen LogP contribution < -0.4 is 0 Å². The zero-order chi connectivity index (χ0) is 6.85. The quantitative estimate of drug-likeness (QED) is 0.582. The van der Waals surface area contributed by atoms with Crippen LogP contribution in [0.3, 0.4) is 0 Å². The number of hydrogen-bond donors (Lipinski definition) is 1. The van der Waals surface area contributed by atoms with Crippen LogP contribution in [0.15, 0.2) is 0 Å². The average Bonchev–Trinajstić information content (AvgIpc) is 1.83. The summed E-state index contributed by atoms with van der Waals surface area (Å²) in [4.78, 5) is 0.223. The topological polar surface area (TPSA) is 29.5 Å². The third-order valence-electron chi connectivity index (χ3n) is 1.63. The van der Waals surface area contributed by atoms with E-state index in [-0.39, 0.29) is 17.0 Å². The van der Waals surface area contributed by atoms with Crippen molar-refractivity contribution >= 4 is 15.9 Å². The van der Waals surface area contributed by atoms with Crippen molar-refractivity contribution in [2.75, 3.05) is 6.61 Å². The summed E-state index contributed by atoms with van der Waals surface area (Å²) in [5.74, 6) is 0. The maximum atomic E-state index is 9.27. The smallest absolute Gasteiger partial charge is 0.0924 e. The number of hydrogen-bond acceptors (Lipinski definition) is 2. The van der Waals surface area contributed by atoms with Gasteiger partial charge in [-0.25, -0.2) is 0 Å². The van der Waals surface area contributed by atoms with Crippen LogP contribution >= 0.6 is 15.9 Å². The summed E-state index contributed by atoms with van der Waals surface area (Å²) in [5, 5.41) is 9.27. The molecule has 1 heterocycles. The van der Waals surface area contributed by atoms with E-state index in [2.05, 4.69) is 15.9 Å². The van der Waals surface area contributed by atoms with Crippen molar-refractivity contribution in [3.63, 3.8) is 0 Å². The van der Waals surface area contributed by atoms with Crippen LogP contribution in [0, 0.1) is 0 Å². The molecule has 0 spiro atoms. The summed E-state index contributed by atoms with van der Waals surface area (Å²) in [5.41, 5.74) is 0. The van der Waals surface area contributed by atoms with Gasteiger partial charge in [0.05, 0.1) is 12.2 Å². The maximum absolute atomic E-state index is 9.27. The average molecular weight is 195 g/mol. The van der Waals surface area contributed by atoms with Crippen molar-refractivity contribution in [1.82, 2.24) is 0 Å². The van der Waals surface area contributed by atoms with Gasteiger partial charge in [0.1, 0.15) is 0 Å². The van der Waals surface area contributed by atoms with E-state index in [1.54, 1.807) is 0 Å². The predicted octanol–water partition coefficient (Wildman–Crippen LogP) is 0.920. The molecule has 0 amide bonds. The first-order valence-corrected chi connectivity index (χ1v) is 4.07. The molecule has 2 nitrogen and oxygen atoms in total. The summed E-state index contributed by atoms with van der Waals surface area (Å²) >= 11 is 3.36. The Balaban J connectivity index is 2.41. The highest BCUT2D eigenvalue weighted by atomic mass is 79.9. The Kier molecular flexibility index (Phi) is 2.50. The number of ether oxygens (including phenoxy) is 1. The molecular weight excluding hydrogens is 184 g/mol. The lowest BCUT2D eigenvalue weighted by Crippen LogP contribution is -2.39. The normalized spacial score (nSPS) is 45.0. The highest BCUT2D eigenvalue weighted by Gasteiger charge is 2.27. The molecule has 1 aliphatic rings. The first-order valence-electron chi connectivity index (χ1n) is 3.15. The molecular formula is C6H11BrO2. The maximum Gasteiger partial charge on any atom is 0.0924 e. The van der Waals surface area contributed by atoms with Crippen LogP contribution in [-0.4, -0.2) is 28.7 Å². The lowest BCUT2D eigenvalue weighted by Gasteiger charge is -2.29. The Hall–Kier alpha value is 0.400. The Morgan fingerprint density at radius 3 is 2.78 bits per heavy atom. The Morgan fingerprint density at radius 1 is 1.67 bits per heavy atom. The Morgan fingerprint density at radius 2 is 2.33 bits per heavy atom. The van der Waals surface area contributed by atoms with Crippen molar-refractivity contribution in [3.05, 3.63) is 0 Å². The van der Waals surface area contributed by atoms with Crippen LogP contribution in [0.5, 0.6) is 0 Å². The van der Waals surface area contributed by atoms with E-state index in [0.29, 0.717) is 0 Å². The molecule has 0 aromatic rings. The van der Waals surface area contributed by atoms with Crippen molar-refractivity contribution in [3.8, 4) is 0 Å².